The predicted octanol–water partition coefficient (Wildman–Crippen LogP) is 6.71. The smallest absolute Gasteiger partial charge is 0.306 e. The molecule has 2 rings (SSSR count). The van der Waals surface area contributed by atoms with Gasteiger partial charge in [-0.05, 0) is 23.5 Å². The molecule has 1 atom stereocenters. The Hall–Kier alpha value is -2.09. The molecule has 0 saturated carbocycles. The van der Waals surface area contributed by atoms with E-state index in [1.54, 1.807) is 0 Å². The van der Waals surface area contributed by atoms with E-state index in [-0.39, 0.29) is 12.1 Å². The van der Waals surface area contributed by atoms with Crippen LogP contribution in [0.5, 0.6) is 0 Å². The largest absolute Gasteiger partial charge is 0.453 e. The fourth-order valence-corrected chi connectivity index (χ4v) is 3.43. The van der Waals surface area contributed by atoms with Crippen molar-refractivity contribution in [2.45, 2.75) is 64.9 Å². The molecule has 0 bridgehead atoms. The predicted molar refractivity (Wildman–Crippen MR) is 108 cm³/mol. The lowest BCUT2D eigenvalue weighted by Gasteiger charge is -2.20. The lowest BCUT2D eigenvalue weighted by Crippen LogP contribution is -2.14. The second kappa shape index (κ2) is 11.5. The first kappa shape index (κ1) is 20.2. The van der Waals surface area contributed by atoms with Gasteiger partial charge in [0.1, 0.15) is 0 Å². The van der Waals surface area contributed by atoms with E-state index in [0.29, 0.717) is 12.3 Å². The highest BCUT2D eigenvalue weighted by Gasteiger charge is 2.19. The van der Waals surface area contributed by atoms with Crippen molar-refractivity contribution in [3.8, 4) is 0 Å². The molecule has 0 spiro atoms. The number of unbranched alkanes of at least 4 members (excludes halogenated alkanes) is 1. The highest BCUT2D eigenvalue weighted by Crippen LogP contribution is 2.27. The Labute approximate surface area is 158 Å². The summed E-state index contributed by atoms with van der Waals surface area (Å²) in [6.45, 7) is 4.44. The molecule has 2 aromatic carbocycles. The van der Waals surface area contributed by atoms with Crippen molar-refractivity contribution in [1.29, 1.82) is 0 Å². The van der Waals surface area contributed by atoms with E-state index in [9.17, 15) is 4.79 Å². The molecule has 2 heteroatoms. The minimum atomic E-state index is -0.329. The van der Waals surface area contributed by atoms with Gasteiger partial charge in [0.05, 0.1) is 0 Å². The quantitative estimate of drug-likeness (QED) is 0.420. The first-order chi connectivity index (χ1) is 12.7. The minimum absolute atomic E-state index is 0.0969. The lowest BCUT2D eigenvalue weighted by molar-refractivity contribution is -0.148. The summed E-state index contributed by atoms with van der Waals surface area (Å²) in [5.74, 6) is 0.541. The third kappa shape index (κ3) is 6.67. The Morgan fingerprint density at radius 2 is 1.38 bits per heavy atom. The fraction of sp³-hybridized carbons (Fsp3) is 0.458. The van der Waals surface area contributed by atoms with Crippen LogP contribution in [0.3, 0.4) is 0 Å². The van der Waals surface area contributed by atoms with E-state index in [2.05, 4.69) is 13.8 Å². The van der Waals surface area contributed by atoms with Crippen LogP contribution in [-0.2, 0) is 9.53 Å². The summed E-state index contributed by atoms with van der Waals surface area (Å²) in [5.41, 5.74) is 2.03. The molecule has 140 valence electrons. The average molecular weight is 353 g/mol. The molecule has 0 N–H and O–H groups in total. The van der Waals surface area contributed by atoms with Crippen LogP contribution in [0, 0.1) is 5.92 Å². The van der Waals surface area contributed by atoms with Crippen LogP contribution < -0.4 is 0 Å². The van der Waals surface area contributed by atoms with Crippen LogP contribution >= 0.6 is 0 Å². The van der Waals surface area contributed by atoms with Gasteiger partial charge in [0, 0.05) is 6.42 Å². The molecule has 26 heavy (non-hydrogen) atoms. The first-order valence-electron chi connectivity index (χ1n) is 10.0. The van der Waals surface area contributed by atoms with Crippen LogP contribution in [0.4, 0.5) is 0 Å². The third-order valence-corrected chi connectivity index (χ3v) is 4.87. The van der Waals surface area contributed by atoms with Gasteiger partial charge in [-0.15, -0.1) is 0 Å². The fourth-order valence-electron chi connectivity index (χ4n) is 3.43. The molecule has 0 amide bonds. The molecule has 0 aromatic heterocycles. The van der Waals surface area contributed by atoms with Gasteiger partial charge >= 0.3 is 5.97 Å². The first-order valence-corrected chi connectivity index (χ1v) is 10.0. The van der Waals surface area contributed by atoms with Crippen LogP contribution in [-0.4, -0.2) is 5.97 Å². The summed E-state index contributed by atoms with van der Waals surface area (Å²) < 4.78 is 5.92. The van der Waals surface area contributed by atoms with Gasteiger partial charge in [-0.2, -0.15) is 0 Å². The highest BCUT2D eigenvalue weighted by molar-refractivity contribution is 5.70. The second-order valence-corrected chi connectivity index (χ2v) is 7.03. The number of hydrogen-bond donors (Lipinski definition) is 0. The Bertz CT molecular complexity index is 582. The number of rotatable bonds is 11. The number of esters is 1. The minimum Gasteiger partial charge on any atom is -0.453 e. The molecular formula is C24H32O2. The molecular weight excluding hydrogens is 320 g/mol. The molecule has 0 aliphatic carbocycles. The molecule has 1 unspecified atom stereocenters. The van der Waals surface area contributed by atoms with Crippen LogP contribution in [0.1, 0.15) is 76.0 Å². The lowest BCUT2D eigenvalue weighted by atomic mass is 9.92. The molecule has 0 fully saturated rings. The van der Waals surface area contributed by atoms with Crippen molar-refractivity contribution in [2.24, 2.45) is 5.92 Å². The maximum absolute atomic E-state index is 12.6. The van der Waals surface area contributed by atoms with Gasteiger partial charge in [0.15, 0.2) is 6.10 Å². The molecule has 0 heterocycles. The van der Waals surface area contributed by atoms with Crippen LogP contribution in [0.25, 0.3) is 0 Å². The zero-order valence-electron chi connectivity index (χ0n) is 16.2. The summed E-state index contributed by atoms with van der Waals surface area (Å²) >= 11 is 0. The van der Waals surface area contributed by atoms with E-state index >= 15 is 0 Å². The monoisotopic (exact) mass is 352 g/mol. The van der Waals surface area contributed by atoms with Crippen molar-refractivity contribution >= 4 is 5.97 Å². The number of carbonyl (C=O) groups excluding carboxylic acids is 1. The van der Waals surface area contributed by atoms with Crippen molar-refractivity contribution in [2.75, 3.05) is 0 Å². The van der Waals surface area contributed by atoms with E-state index in [4.69, 9.17) is 4.74 Å². The molecule has 0 aliphatic heterocycles. The van der Waals surface area contributed by atoms with Crippen molar-refractivity contribution in [3.63, 3.8) is 0 Å². The van der Waals surface area contributed by atoms with Crippen molar-refractivity contribution in [3.05, 3.63) is 71.8 Å². The normalized spacial score (nSPS) is 12.1. The van der Waals surface area contributed by atoms with Gasteiger partial charge < -0.3 is 4.74 Å². The van der Waals surface area contributed by atoms with Gasteiger partial charge in [0.25, 0.3) is 0 Å². The van der Waals surface area contributed by atoms with Crippen LogP contribution in [0.2, 0.25) is 0 Å². The average Bonchev–Trinajstić information content (AvgIpc) is 2.69. The Morgan fingerprint density at radius 1 is 0.808 bits per heavy atom. The Balaban J connectivity index is 2.00. The number of benzene rings is 2. The molecule has 2 aromatic rings. The van der Waals surface area contributed by atoms with E-state index < -0.39 is 0 Å². The summed E-state index contributed by atoms with van der Waals surface area (Å²) in [6.07, 6.45) is 7.18. The zero-order valence-corrected chi connectivity index (χ0v) is 16.2. The molecule has 0 aliphatic rings. The standard InChI is InChI=1S/C24H32O2/c1-3-5-13-20(12-4-2)18-19-23(25)26-24(21-14-8-6-9-15-21)22-16-10-7-11-17-22/h6-11,14-17,20,24H,3-5,12-13,18-19H2,1-2H3. The summed E-state index contributed by atoms with van der Waals surface area (Å²) in [5, 5.41) is 0. The zero-order chi connectivity index (χ0) is 18.6. The molecule has 0 radical (unpaired) electrons. The Kier molecular flexibility index (Phi) is 8.95. The SMILES string of the molecule is CCCCC(CCC)CCC(=O)OC(c1ccccc1)c1ccccc1. The van der Waals surface area contributed by atoms with Crippen LogP contribution in [0.15, 0.2) is 60.7 Å². The summed E-state index contributed by atoms with van der Waals surface area (Å²) in [4.78, 5) is 12.6. The number of carbonyl (C=O) groups is 1. The maximum atomic E-state index is 12.6. The maximum Gasteiger partial charge on any atom is 0.306 e. The molecule has 0 saturated heterocycles. The van der Waals surface area contributed by atoms with Gasteiger partial charge in [-0.1, -0.05) is 107 Å². The van der Waals surface area contributed by atoms with E-state index in [0.717, 1.165) is 17.5 Å². The second-order valence-electron chi connectivity index (χ2n) is 7.03. The summed E-state index contributed by atoms with van der Waals surface area (Å²) in [7, 11) is 0. The topological polar surface area (TPSA) is 26.3 Å². The summed E-state index contributed by atoms with van der Waals surface area (Å²) in [6, 6.07) is 20.0. The van der Waals surface area contributed by atoms with Gasteiger partial charge in [-0.3, -0.25) is 4.79 Å². The highest BCUT2D eigenvalue weighted by atomic mass is 16.5. The molecule has 2 nitrogen and oxygen atoms in total. The third-order valence-electron chi connectivity index (χ3n) is 4.87. The van der Waals surface area contributed by atoms with Crippen molar-refractivity contribution < 1.29 is 9.53 Å². The van der Waals surface area contributed by atoms with E-state index in [1.807, 2.05) is 60.7 Å². The number of ether oxygens (including phenoxy) is 1. The van der Waals surface area contributed by atoms with E-state index in [1.165, 1.54) is 32.1 Å². The van der Waals surface area contributed by atoms with Gasteiger partial charge in [0.2, 0.25) is 0 Å². The van der Waals surface area contributed by atoms with Gasteiger partial charge in [-0.25, -0.2) is 0 Å². The Morgan fingerprint density at radius 3 is 1.88 bits per heavy atom. The number of hydrogen-bond acceptors (Lipinski definition) is 2. The van der Waals surface area contributed by atoms with Crippen molar-refractivity contribution in [1.82, 2.24) is 0 Å².